The Morgan fingerprint density at radius 2 is 0.868 bits per heavy atom. The van der Waals surface area contributed by atoms with E-state index >= 15 is 0 Å². The van der Waals surface area contributed by atoms with E-state index in [1.807, 2.05) is 0 Å². The van der Waals surface area contributed by atoms with Gasteiger partial charge in [0.1, 0.15) is 15.0 Å². The molecule has 5 aromatic rings. The predicted octanol–water partition coefficient (Wildman–Crippen LogP) is 12.2. The number of aromatic nitrogens is 4. The molecule has 0 radical (unpaired) electrons. The molecule has 0 aliphatic rings. The van der Waals surface area contributed by atoms with Crippen molar-refractivity contribution in [2.24, 2.45) is 0 Å². The molecule has 0 spiro atoms. The summed E-state index contributed by atoms with van der Waals surface area (Å²) in [5, 5.41) is 22.7. The van der Waals surface area contributed by atoms with Crippen molar-refractivity contribution in [3.63, 3.8) is 0 Å². The van der Waals surface area contributed by atoms with Crippen molar-refractivity contribution in [1.29, 1.82) is 0 Å². The average molecular weight is 706 g/mol. The zero-order valence-electron chi connectivity index (χ0n) is 19.5. The van der Waals surface area contributed by atoms with Crippen LogP contribution in [-0.2, 0) is 12.8 Å². The standard InChI is InChI=1S/C24H14Cl8N4S2/c1-3-5-7-33-35-23(37-7)13-9-10(19(29)22(32)20(13)30)16(26)11-12(15(9)25)18(28)21(31)14(17(11)27)24-36-34-8(38-24)6-4-2/h3-6H2,1-2H3. The summed E-state index contributed by atoms with van der Waals surface area (Å²) < 4.78 is 0. The Balaban J connectivity index is 1.93. The summed E-state index contributed by atoms with van der Waals surface area (Å²) in [7, 11) is 0. The molecule has 0 atom stereocenters. The van der Waals surface area contributed by atoms with Crippen LogP contribution in [0.15, 0.2) is 0 Å². The van der Waals surface area contributed by atoms with Crippen LogP contribution in [0.3, 0.4) is 0 Å². The van der Waals surface area contributed by atoms with Gasteiger partial charge in [0, 0.05) is 39.9 Å². The highest BCUT2D eigenvalue weighted by molar-refractivity contribution is 7.15. The summed E-state index contributed by atoms with van der Waals surface area (Å²) in [6.45, 7) is 4.12. The highest BCUT2D eigenvalue weighted by Gasteiger charge is 2.30. The van der Waals surface area contributed by atoms with Crippen LogP contribution in [0.25, 0.3) is 42.7 Å². The van der Waals surface area contributed by atoms with Crippen molar-refractivity contribution < 1.29 is 0 Å². The minimum atomic E-state index is 0.102. The fourth-order valence-corrected chi connectivity index (χ4v) is 8.99. The molecule has 0 amide bonds. The normalized spacial score (nSPS) is 11.8. The third kappa shape index (κ3) is 4.67. The number of hydrogen-bond acceptors (Lipinski definition) is 6. The minimum Gasteiger partial charge on any atom is -0.143 e. The Morgan fingerprint density at radius 3 is 1.42 bits per heavy atom. The topological polar surface area (TPSA) is 51.6 Å². The lowest BCUT2D eigenvalue weighted by atomic mass is 9.97. The highest BCUT2D eigenvalue weighted by atomic mass is 35.5. The van der Waals surface area contributed by atoms with Crippen LogP contribution >= 0.6 is 115 Å². The van der Waals surface area contributed by atoms with E-state index in [1.165, 1.54) is 22.7 Å². The minimum absolute atomic E-state index is 0.102. The Hall–Kier alpha value is -0.380. The van der Waals surface area contributed by atoms with Crippen molar-refractivity contribution in [3.05, 3.63) is 50.2 Å². The van der Waals surface area contributed by atoms with Crippen LogP contribution in [0.1, 0.15) is 36.7 Å². The van der Waals surface area contributed by atoms with Crippen LogP contribution in [0.2, 0.25) is 40.2 Å². The van der Waals surface area contributed by atoms with E-state index in [2.05, 4.69) is 34.2 Å². The van der Waals surface area contributed by atoms with Crippen molar-refractivity contribution in [2.75, 3.05) is 0 Å². The number of benzene rings is 3. The summed E-state index contributed by atoms with van der Waals surface area (Å²) in [5.41, 5.74) is 0.859. The summed E-state index contributed by atoms with van der Waals surface area (Å²) in [5.74, 6) is 0. The Bertz CT molecular complexity index is 1740. The number of nitrogens with zero attached hydrogens (tertiary/aromatic N) is 4. The maximum absolute atomic E-state index is 7.07. The van der Waals surface area contributed by atoms with E-state index in [9.17, 15) is 0 Å². The van der Waals surface area contributed by atoms with Gasteiger partial charge in [-0.15, -0.1) is 20.4 Å². The first-order valence-corrected chi connectivity index (χ1v) is 15.9. The third-order valence-electron chi connectivity index (χ3n) is 5.81. The molecule has 0 N–H and O–H groups in total. The highest BCUT2D eigenvalue weighted by Crippen LogP contribution is 2.57. The summed E-state index contributed by atoms with van der Waals surface area (Å²) in [4.78, 5) is 0. The van der Waals surface area contributed by atoms with E-state index in [4.69, 9.17) is 92.8 Å². The SMILES string of the molecule is CCCc1nnc(-c2c(Cl)c(Cl)c3c(Cl)c4c(-c5nnc(CCC)s5)c(Cl)c(Cl)c(Cl)c4c(Cl)c3c2Cl)s1. The van der Waals surface area contributed by atoms with Gasteiger partial charge >= 0.3 is 0 Å². The van der Waals surface area contributed by atoms with Gasteiger partial charge in [-0.1, -0.05) is 129 Å². The molecule has 0 saturated carbocycles. The molecule has 4 nitrogen and oxygen atoms in total. The predicted molar refractivity (Wildman–Crippen MR) is 167 cm³/mol. The smallest absolute Gasteiger partial charge is 0.143 e. The molecule has 0 bridgehead atoms. The number of rotatable bonds is 6. The van der Waals surface area contributed by atoms with Gasteiger partial charge in [-0.2, -0.15) is 0 Å². The Kier molecular flexibility index (Phi) is 8.80. The number of halogens is 8. The van der Waals surface area contributed by atoms with Crippen LogP contribution in [0.5, 0.6) is 0 Å². The molecule has 198 valence electrons. The first-order valence-electron chi connectivity index (χ1n) is 11.2. The van der Waals surface area contributed by atoms with E-state index in [1.54, 1.807) is 0 Å². The molecule has 38 heavy (non-hydrogen) atoms. The van der Waals surface area contributed by atoms with E-state index in [-0.39, 0.29) is 40.2 Å². The van der Waals surface area contributed by atoms with Gasteiger partial charge in [-0.3, -0.25) is 0 Å². The summed E-state index contributed by atoms with van der Waals surface area (Å²) in [6.07, 6.45) is 3.36. The molecule has 0 saturated heterocycles. The second-order valence-electron chi connectivity index (χ2n) is 8.26. The molecule has 2 aromatic heterocycles. The lowest BCUT2D eigenvalue weighted by Crippen LogP contribution is -1.94. The zero-order chi connectivity index (χ0) is 27.5. The second kappa shape index (κ2) is 11.5. The van der Waals surface area contributed by atoms with Crippen molar-refractivity contribution in [3.8, 4) is 21.1 Å². The van der Waals surface area contributed by atoms with E-state index in [0.717, 1.165) is 35.7 Å². The van der Waals surface area contributed by atoms with Crippen LogP contribution < -0.4 is 0 Å². The molecule has 0 aliphatic heterocycles. The van der Waals surface area contributed by atoms with Gasteiger partial charge in [-0.25, -0.2) is 0 Å². The monoisotopic (exact) mass is 702 g/mol. The molecule has 0 fully saturated rings. The van der Waals surface area contributed by atoms with Crippen molar-refractivity contribution in [1.82, 2.24) is 20.4 Å². The first kappa shape index (κ1) is 29.1. The van der Waals surface area contributed by atoms with Crippen LogP contribution in [0.4, 0.5) is 0 Å². The Labute approximate surface area is 266 Å². The second-order valence-corrected chi connectivity index (χ2v) is 13.4. The van der Waals surface area contributed by atoms with Crippen molar-refractivity contribution >= 4 is 137 Å². The fraction of sp³-hybridized carbons (Fsp3) is 0.250. The average Bonchev–Trinajstić information content (AvgIpc) is 3.53. The lowest BCUT2D eigenvalue weighted by Gasteiger charge is -2.19. The molecule has 3 aromatic carbocycles. The zero-order valence-corrected chi connectivity index (χ0v) is 27.1. The van der Waals surface area contributed by atoms with E-state index in [0.29, 0.717) is 42.7 Å². The lowest BCUT2D eigenvalue weighted by molar-refractivity contribution is 0.879. The Morgan fingerprint density at radius 1 is 0.447 bits per heavy atom. The summed E-state index contributed by atoms with van der Waals surface area (Å²) in [6, 6.07) is 0. The van der Waals surface area contributed by atoms with Gasteiger partial charge in [-0.05, 0) is 12.8 Å². The van der Waals surface area contributed by atoms with E-state index < -0.39 is 0 Å². The maximum atomic E-state index is 7.07. The maximum Gasteiger partial charge on any atom is 0.150 e. The summed E-state index contributed by atoms with van der Waals surface area (Å²) >= 11 is 57.5. The largest absolute Gasteiger partial charge is 0.150 e. The van der Waals surface area contributed by atoms with Gasteiger partial charge in [0.2, 0.25) is 0 Å². The molecule has 5 rings (SSSR count). The molecule has 0 aliphatic carbocycles. The first-order chi connectivity index (χ1) is 18.1. The van der Waals surface area contributed by atoms with Gasteiger partial charge in [0.15, 0.2) is 5.01 Å². The molecule has 2 heterocycles. The van der Waals surface area contributed by atoms with Crippen LogP contribution in [0, 0.1) is 0 Å². The quantitative estimate of drug-likeness (QED) is 0.100. The van der Waals surface area contributed by atoms with Gasteiger partial charge < -0.3 is 0 Å². The molecular weight excluding hydrogens is 692 g/mol. The van der Waals surface area contributed by atoms with Gasteiger partial charge in [0.05, 0.1) is 45.7 Å². The fourth-order valence-electron chi connectivity index (χ4n) is 4.14. The third-order valence-corrected chi connectivity index (χ3v) is 11.1. The van der Waals surface area contributed by atoms with Gasteiger partial charge in [0.25, 0.3) is 0 Å². The molecule has 0 unspecified atom stereocenters. The number of aryl methyl sites for hydroxylation is 2. The molecular formula is C24H14Cl8N4S2. The molecule has 14 heteroatoms. The van der Waals surface area contributed by atoms with Crippen LogP contribution in [-0.4, -0.2) is 20.4 Å². The number of hydrogen-bond donors (Lipinski definition) is 0. The number of fused-ring (bicyclic) bond motifs is 2. The van der Waals surface area contributed by atoms with Crippen molar-refractivity contribution in [2.45, 2.75) is 39.5 Å².